The number of nitrogens with one attached hydrogen (secondary N) is 1. The number of hydrogen-bond donors (Lipinski definition) is 1. The van der Waals surface area contributed by atoms with E-state index in [-0.39, 0.29) is 0 Å². The fraction of sp³-hybridized carbons (Fsp3) is 0.400. The van der Waals surface area contributed by atoms with Crippen LogP contribution >= 0.6 is 0 Å². The number of rotatable bonds is 5. The first-order valence-corrected chi connectivity index (χ1v) is 6.66. The highest BCUT2D eigenvalue weighted by atomic mass is 16.5. The standard InChI is InChI=1S/C15H19N3O/c1-18-15(7-8-17-18)14-6-5-13(19-2)9-11(14)10-16-12-3-4-12/h5-9,12,16H,3-4,10H2,1-2H3. The van der Waals surface area contributed by atoms with Gasteiger partial charge in [-0.25, -0.2) is 0 Å². The fourth-order valence-corrected chi connectivity index (χ4v) is 2.27. The zero-order valence-electron chi connectivity index (χ0n) is 11.4. The number of hydrogen-bond acceptors (Lipinski definition) is 3. The van der Waals surface area contributed by atoms with Crippen LogP contribution in [0.3, 0.4) is 0 Å². The van der Waals surface area contributed by atoms with Gasteiger partial charge in [-0.2, -0.15) is 5.10 Å². The minimum Gasteiger partial charge on any atom is -0.497 e. The molecular weight excluding hydrogens is 238 g/mol. The van der Waals surface area contributed by atoms with E-state index >= 15 is 0 Å². The molecule has 0 unspecified atom stereocenters. The van der Waals surface area contributed by atoms with E-state index in [4.69, 9.17) is 4.74 Å². The summed E-state index contributed by atoms with van der Waals surface area (Å²) in [6, 6.07) is 8.97. The van der Waals surface area contributed by atoms with Crippen LogP contribution in [-0.4, -0.2) is 22.9 Å². The van der Waals surface area contributed by atoms with Crippen LogP contribution in [0.5, 0.6) is 5.75 Å². The van der Waals surface area contributed by atoms with Crippen LogP contribution in [0.2, 0.25) is 0 Å². The molecule has 0 bridgehead atoms. The summed E-state index contributed by atoms with van der Waals surface area (Å²) >= 11 is 0. The van der Waals surface area contributed by atoms with Crippen molar-refractivity contribution in [2.24, 2.45) is 7.05 Å². The number of benzene rings is 1. The predicted octanol–water partition coefficient (Wildman–Crippen LogP) is 2.35. The lowest BCUT2D eigenvalue weighted by Crippen LogP contribution is -2.16. The van der Waals surface area contributed by atoms with Crippen LogP contribution in [0.1, 0.15) is 18.4 Å². The van der Waals surface area contributed by atoms with Crippen molar-refractivity contribution < 1.29 is 4.74 Å². The Morgan fingerprint density at radius 3 is 2.84 bits per heavy atom. The average Bonchev–Trinajstić information content (AvgIpc) is 3.17. The lowest BCUT2D eigenvalue weighted by Gasteiger charge is -2.12. The van der Waals surface area contributed by atoms with E-state index in [1.807, 2.05) is 30.1 Å². The minimum absolute atomic E-state index is 0.700. The molecule has 0 spiro atoms. The van der Waals surface area contributed by atoms with Gasteiger partial charge in [0, 0.05) is 31.4 Å². The van der Waals surface area contributed by atoms with Crippen LogP contribution in [0, 0.1) is 0 Å². The molecule has 0 atom stereocenters. The summed E-state index contributed by atoms with van der Waals surface area (Å²) in [6.45, 7) is 0.877. The highest BCUT2D eigenvalue weighted by Gasteiger charge is 2.21. The van der Waals surface area contributed by atoms with Gasteiger partial charge in [0.1, 0.15) is 5.75 Å². The summed E-state index contributed by atoms with van der Waals surface area (Å²) in [7, 11) is 3.68. The highest BCUT2D eigenvalue weighted by Crippen LogP contribution is 2.28. The highest BCUT2D eigenvalue weighted by molar-refractivity contribution is 5.65. The van der Waals surface area contributed by atoms with Crippen molar-refractivity contribution in [2.75, 3.05) is 7.11 Å². The van der Waals surface area contributed by atoms with Gasteiger partial charge in [-0.1, -0.05) is 0 Å². The Kier molecular flexibility index (Phi) is 3.25. The molecule has 1 fully saturated rings. The summed E-state index contributed by atoms with van der Waals surface area (Å²) < 4.78 is 7.23. The molecule has 0 aliphatic heterocycles. The van der Waals surface area contributed by atoms with Crippen molar-refractivity contribution in [2.45, 2.75) is 25.4 Å². The van der Waals surface area contributed by atoms with Crippen molar-refractivity contribution in [1.82, 2.24) is 15.1 Å². The van der Waals surface area contributed by atoms with E-state index in [1.54, 1.807) is 7.11 Å². The Hall–Kier alpha value is -1.81. The lowest BCUT2D eigenvalue weighted by atomic mass is 10.0. The van der Waals surface area contributed by atoms with Gasteiger partial charge in [-0.15, -0.1) is 0 Å². The van der Waals surface area contributed by atoms with Gasteiger partial charge in [0.25, 0.3) is 0 Å². The van der Waals surface area contributed by atoms with E-state index in [1.165, 1.54) is 24.0 Å². The third-order valence-electron chi connectivity index (χ3n) is 3.57. The third kappa shape index (κ3) is 2.63. The molecule has 1 aliphatic carbocycles. The lowest BCUT2D eigenvalue weighted by molar-refractivity contribution is 0.414. The van der Waals surface area contributed by atoms with E-state index in [0.29, 0.717) is 6.04 Å². The first-order chi connectivity index (χ1) is 9.28. The van der Waals surface area contributed by atoms with Crippen molar-refractivity contribution >= 4 is 0 Å². The number of methoxy groups -OCH3 is 1. The first-order valence-electron chi connectivity index (χ1n) is 6.66. The van der Waals surface area contributed by atoms with E-state index in [9.17, 15) is 0 Å². The summed E-state index contributed by atoms with van der Waals surface area (Å²) in [4.78, 5) is 0. The Labute approximate surface area is 113 Å². The normalized spacial score (nSPS) is 14.6. The second-order valence-electron chi connectivity index (χ2n) is 5.02. The molecule has 1 aliphatic rings. The van der Waals surface area contributed by atoms with Gasteiger partial charge in [-0.05, 0) is 42.7 Å². The molecule has 1 heterocycles. The monoisotopic (exact) mass is 257 g/mol. The topological polar surface area (TPSA) is 39.1 Å². The number of aryl methyl sites for hydroxylation is 1. The molecule has 1 aromatic heterocycles. The van der Waals surface area contributed by atoms with Crippen molar-refractivity contribution in [3.8, 4) is 17.0 Å². The molecule has 4 nitrogen and oxygen atoms in total. The van der Waals surface area contributed by atoms with Crippen LogP contribution < -0.4 is 10.1 Å². The van der Waals surface area contributed by atoms with Crippen LogP contribution in [0.15, 0.2) is 30.5 Å². The number of nitrogens with zero attached hydrogens (tertiary/aromatic N) is 2. The molecule has 0 amide bonds. The zero-order chi connectivity index (χ0) is 13.2. The van der Waals surface area contributed by atoms with Gasteiger partial charge < -0.3 is 10.1 Å². The predicted molar refractivity (Wildman–Crippen MR) is 75.1 cm³/mol. The van der Waals surface area contributed by atoms with Gasteiger partial charge in [-0.3, -0.25) is 4.68 Å². The molecule has 2 aromatic rings. The van der Waals surface area contributed by atoms with E-state index in [0.717, 1.165) is 18.0 Å². The van der Waals surface area contributed by atoms with Crippen molar-refractivity contribution in [3.63, 3.8) is 0 Å². The number of ether oxygens (including phenoxy) is 1. The Morgan fingerprint density at radius 2 is 2.21 bits per heavy atom. The molecule has 0 radical (unpaired) electrons. The molecule has 19 heavy (non-hydrogen) atoms. The zero-order valence-corrected chi connectivity index (χ0v) is 11.4. The van der Waals surface area contributed by atoms with Gasteiger partial charge in [0.2, 0.25) is 0 Å². The maximum atomic E-state index is 5.33. The average molecular weight is 257 g/mol. The van der Waals surface area contributed by atoms with Crippen LogP contribution in [-0.2, 0) is 13.6 Å². The van der Waals surface area contributed by atoms with E-state index in [2.05, 4.69) is 22.5 Å². The maximum Gasteiger partial charge on any atom is 0.119 e. The quantitative estimate of drug-likeness (QED) is 0.893. The molecule has 1 aromatic carbocycles. The summed E-state index contributed by atoms with van der Waals surface area (Å²) in [5.41, 5.74) is 3.61. The molecule has 100 valence electrons. The van der Waals surface area contributed by atoms with Crippen molar-refractivity contribution in [1.29, 1.82) is 0 Å². The summed E-state index contributed by atoms with van der Waals surface area (Å²) in [5.74, 6) is 0.901. The summed E-state index contributed by atoms with van der Waals surface area (Å²) in [6.07, 6.45) is 4.42. The fourth-order valence-electron chi connectivity index (χ4n) is 2.27. The molecule has 4 heteroatoms. The molecule has 1 saturated carbocycles. The minimum atomic E-state index is 0.700. The number of aromatic nitrogens is 2. The summed E-state index contributed by atoms with van der Waals surface area (Å²) in [5, 5.41) is 7.81. The van der Waals surface area contributed by atoms with Gasteiger partial charge >= 0.3 is 0 Å². The van der Waals surface area contributed by atoms with Gasteiger partial charge in [0.15, 0.2) is 0 Å². The second kappa shape index (κ2) is 5.05. The maximum absolute atomic E-state index is 5.33. The first kappa shape index (κ1) is 12.2. The largest absolute Gasteiger partial charge is 0.497 e. The van der Waals surface area contributed by atoms with Crippen molar-refractivity contribution in [3.05, 3.63) is 36.0 Å². The molecule has 1 N–H and O–H groups in total. The van der Waals surface area contributed by atoms with Gasteiger partial charge in [0.05, 0.1) is 12.8 Å². The molecular formula is C15H19N3O. The molecule has 0 saturated heterocycles. The SMILES string of the molecule is COc1ccc(-c2ccnn2C)c(CNC2CC2)c1. The smallest absolute Gasteiger partial charge is 0.119 e. The van der Waals surface area contributed by atoms with Crippen LogP contribution in [0.25, 0.3) is 11.3 Å². The Morgan fingerprint density at radius 1 is 1.37 bits per heavy atom. The third-order valence-corrected chi connectivity index (χ3v) is 3.57. The van der Waals surface area contributed by atoms with E-state index < -0.39 is 0 Å². The molecule has 3 rings (SSSR count). The Balaban J connectivity index is 1.94. The van der Waals surface area contributed by atoms with Crippen LogP contribution in [0.4, 0.5) is 0 Å². The second-order valence-corrected chi connectivity index (χ2v) is 5.02. The Bertz CT molecular complexity index is 573.